The van der Waals surface area contributed by atoms with E-state index in [-0.39, 0.29) is 6.54 Å². The molecule has 0 bridgehead atoms. The van der Waals surface area contributed by atoms with E-state index in [1.807, 2.05) is 20.9 Å². The first-order valence-corrected chi connectivity index (χ1v) is 9.13. The molecule has 5 nitrogen and oxygen atoms in total. The summed E-state index contributed by atoms with van der Waals surface area (Å²) in [5.74, 6) is 0. The Kier molecular flexibility index (Phi) is 26.1. The fraction of sp³-hybridized carbons (Fsp3) is 0.944. The molecule has 0 saturated heterocycles. The van der Waals surface area contributed by atoms with E-state index in [0.29, 0.717) is 19.6 Å². The van der Waals surface area contributed by atoms with Gasteiger partial charge in [0.25, 0.3) is 0 Å². The van der Waals surface area contributed by atoms with Gasteiger partial charge in [0, 0.05) is 19.8 Å². The summed E-state index contributed by atoms with van der Waals surface area (Å²) in [6, 6.07) is 0. The number of amides is 1. The van der Waals surface area contributed by atoms with E-state index in [1.54, 1.807) is 13.8 Å². The van der Waals surface area contributed by atoms with E-state index in [1.165, 1.54) is 6.42 Å². The largest absolute Gasteiger partial charge is 0.381 e. The summed E-state index contributed by atoms with van der Waals surface area (Å²) in [4.78, 5) is 10.1. The van der Waals surface area contributed by atoms with Crippen molar-refractivity contribution in [2.45, 2.75) is 72.6 Å². The van der Waals surface area contributed by atoms with Gasteiger partial charge in [-0.25, -0.2) is 4.39 Å². The molecular weight excluding hydrogens is 311 g/mol. The first-order valence-electron chi connectivity index (χ1n) is 9.13. The Bertz CT molecular complexity index is 242. The molecule has 0 fully saturated rings. The predicted octanol–water partition coefficient (Wildman–Crippen LogP) is 3.32. The minimum absolute atomic E-state index is 0.0307. The van der Waals surface area contributed by atoms with Crippen molar-refractivity contribution < 1.29 is 18.7 Å². The third-order valence-electron chi connectivity index (χ3n) is 2.76. The average molecular weight is 353 g/mol. The summed E-state index contributed by atoms with van der Waals surface area (Å²) < 4.78 is 24.6. The quantitative estimate of drug-likeness (QED) is 0.394. The molecule has 0 aromatic heterocycles. The first kappa shape index (κ1) is 28.1. The molecule has 1 atom stereocenters. The van der Waals surface area contributed by atoms with Gasteiger partial charge in [-0.05, 0) is 40.3 Å². The number of carbonyl (C=O) groups excluding carboxylic acids is 1. The number of halogens is 1. The summed E-state index contributed by atoms with van der Waals surface area (Å²) in [6.45, 7) is 14.3. The van der Waals surface area contributed by atoms with Crippen molar-refractivity contribution in [3.63, 3.8) is 0 Å². The van der Waals surface area contributed by atoms with E-state index in [0.717, 1.165) is 26.0 Å². The van der Waals surface area contributed by atoms with Gasteiger partial charge in [0.1, 0.15) is 6.17 Å². The van der Waals surface area contributed by atoms with Crippen molar-refractivity contribution in [1.82, 2.24) is 10.6 Å². The molecule has 1 amide bonds. The van der Waals surface area contributed by atoms with Crippen molar-refractivity contribution in [2.24, 2.45) is 0 Å². The van der Waals surface area contributed by atoms with Gasteiger partial charge in [-0.15, -0.1) is 0 Å². The second-order valence-corrected chi connectivity index (χ2v) is 5.58. The Morgan fingerprint density at radius 3 is 2.17 bits per heavy atom. The Morgan fingerprint density at radius 1 is 1.12 bits per heavy atom. The molecule has 0 radical (unpaired) electrons. The van der Waals surface area contributed by atoms with E-state index in [4.69, 9.17) is 9.47 Å². The van der Waals surface area contributed by atoms with E-state index in [2.05, 4.69) is 24.5 Å². The normalized spacial score (nSPS) is 11.5. The van der Waals surface area contributed by atoms with Gasteiger partial charge in [0.05, 0.1) is 12.1 Å². The molecule has 0 aromatic carbocycles. The fourth-order valence-electron chi connectivity index (χ4n) is 1.44. The van der Waals surface area contributed by atoms with Gasteiger partial charge in [-0.2, -0.15) is 0 Å². The average Bonchev–Trinajstić information content (AvgIpc) is 2.57. The molecular formula is C18H41FN2O3. The van der Waals surface area contributed by atoms with Crippen LogP contribution in [0, 0.1) is 0 Å². The summed E-state index contributed by atoms with van der Waals surface area (Å²) in [5, 5.41) is 5.36. The summed E-state index contributed by atoms with van der Waals surface area (Å²) in [6.07, 6.45) is 2.22. The molecule has 2 N–H and O–H groups in total. The lowest BCUT2D eigenvalue weighted by molar-refractivity contribution is -0.111. The fourth-order valence-corrected chi connectivity index (χ4v) is 1.44. The molecule has 0 heterocycles. The van der Waals surface area contributed by atoms with Gasteiger partial charge in [0.2, 0.25) is 6.41 Å². The molecule has 6 heteroatoms. The Morgan fingerprint density at radius 2 is 1.67 bits per heavy atom. The smallest absolute Gasteiger partial charge is 0.207 e. The van der Waals surface area contributed by atoms with Crippen molar-refractivity contribution in [1.29, 1.82) is 0 Å². The van der Waals surface area contributed by atoms with Gasteiger partial charge >= 0.3 is 0 Å². The zero-order chi connectivity index (χ0) is 19.3. The lowest BCUT2D eigenvalue weighted by Gasteiger charge is -2.28. The van der Waals surface area contributed by atoms with E-state index in [9.17, 15) is 9.18 Å². The summed E-state index contributed by atoms with van der Waals surface area (Å²) >= 11 is 0. The molecule has 0 rings (SSSR count). The standard InChI is InChI=1S/C13H27FN2O3.C3H8.C2H6/c1-13(2,12(14)10-16-11-17)19-9-5-8-18-7-4-6-15-3;1-3-2;1-2/h11-12,15H,4-10H2,1-3H3,(H,16,17);3H2,1-2H3;1-2H3. The van der Waals surface area contributed by atoms with E-state index < -0.39 is 11.8 Å². The number of rotatable bonds is 13. The minimum atomic E-state index is -1.23. The number of nitrogens with one attached hydrogen (secondary N) is 2. The highest BCUT2D eigenvalue weighted by Gasteiger charge is 2.29. The maximum Gasteiger partial charge on any atom is 0.207 e. The molecule has 0 spiro atoms. The van der Waals surface area contributed by atoms with Crippen molar-refractivity contribution in [2.75, 3.05) is 40.0 Å². The van der Waals surface area contributed by atoms with Crippen molar-refractivity contribution in [3.05, 3.63) is 0 Å². The highest BCUT2D eigenvalue weighted by Crippen LogP contribution is 2.17. The van der Waals surface area contributed by atoms with Crippen LogP contribution in [-0.4, -0.2) is 58.1 Å². The van der Waals surface area contributed by atoms with Gasteiger partial charge in [-0.1, -0.05) is 34.1 Å². The first-order chi connectivity index (χ1) is 11.5. The highest BCUT2D eigenvalue weighted by atomic mass is 19.1. The SMILES string of the molecule is CC.CCC.CNCCCOCCCOC(C)(C)C(F)CNC=O. The van der Waals surface area contributed by atoms with Crippen molar-refractivity contribution in [3.8, 4) is 0 Å². The van der Waals surface area contributed by atoms with Crippen LogP contribution in [-0.2, 0) is 14.3 Å². The zero-order valence-electron chi connectivity index (χ0n) is 16.9. The molecule has 0 aromatic rings. The second-order valence-electron chi connectivity index (χ2n) is 5.58. The molecule has 0 aliphatic heterocycles. The topological polar surface area (TPSA) is 59.6 Å². The van der Waals surface area contributed by atoms with Crippen LogP contribution in [0.5, 0.6) is 0 Å². The third kappa shape index (κ3) is 21.3. The monoisotopic (exact) mass is 352 g/mol. The number of ether oxygens (including phenoxy) is 2. The number of hydrogen-bond donors (Lipinski definition) is 2. The number of hydrogen-bond acceptors (Lipinski definition) is 4. The Labute approximate surface area is 149 Å². The van der Waals surface area contributed by atoms with Crippen LogP contribution >= 0.6 is 0 Å². The van der Waals surface area contributed by atoms with Crippen molar-refractivity contribution >= 4 is 6.41 Å². The zero-order valence-corrected chi connectivity index (χ0v) is 16.9. The van der Waals surface area contributed by atoms with Crippen LogP contribution in [0.2, 0.25) is 0 Å². The summed E-state index contributed by atoms with van der Waals surface area (Å²) in [5.41, 5.74) is -0.901. The molecule has 24 heavy (non-hydrogen) atoms. The van der Waals surface area contributed by atoms with Crippen LogP contribution < -0.4 is 10.6 Å². The van der Waals surface area contributed by atoms with Gasteiger partial charge in [0.15, 0.2) is 0 Å². The van der Waals surface area contributed by atoms with Gasteiger partial charge < -0.3 is 20.1 Å². The highest BCUT2D eigenvalue weighted by molar-refractivity contribution is 5.45. The van der Waals surface area contributed by atoms with Crippen LogP contribution in [0.3, 0.4) is 0 Å². The molecule has 1 unspecified atom stereocenters. The Hall–Kier alpha value is -0.720. The third-order valence-corrected chi connectivity index (χ3v) is 2.76. The Balaban J connectivity index is -0.000000786. The van der Waals surface area contributed by atoms with Crippen LogP contribution in [0.15, 0.2) is 0 Å². The van der Waals surface area contributed by atoms with E-state index >= 15 is 0 Å². The minimum Gasteiger partial charge on any atom is -0.381 e. The summed E-state index contributed by atoms with van der Waals surface area (Å²) in [7, 11) is 1.91. The van der Waals surface area contributed by atoms with Gasteiger partial charge in [-0.3, -0.25) is 4.79 Å². The maximum atomic E-state index is 13.7. The molecule has 0 aliphatic carbocycles. The second kappa shape index (κ2) is 22.3. The predicted molar refractivity (Wildman–Crippen MR) is 100 cm³/mol. The van der Waals surface area contributed by atoms with Crippen LogP contribution in [0.4, 0.5) is 4.39 Å². The molecule has 148 valence electrons. The molecule has 0 saturated carbocycles. The number of alkyl halides is 1. The van der Waals surface area contributed by atoms with Crippen LogP contribution in [0.25, 0.3) is 0 Å². The number of carbonyl (C=O) groups is 1. The van der Waals surface area contributed by atoms with Crippen LogP contribution in [0.1, 0.15) is 60.8 Å². The lowest BCUT2D eigenvalue weighted by Crippen LogP contribution is -2.42. The maximum absolute atomic E-state index is 13.7. The lowest BCUT2D eigenvalue weighted by atomic mass is 10.0. The molecule has 0 aliphatic rings.